The van der Waals surface area contributed by atoms with Crippen molar-refractivity contribution in [2.24, 2.45) is 5.92 Å². The third-order valence-corrected chi connectivity index (χ3v) is 5.25. The number of furan rings is 1. The van der Waals surface area contributed by atoms with Crippen LogP contribution in [0.5, 0.6) is 0 Å². The monoisotopic (exact) mass is 338 g/mol. The van der Waals surface area contributed by atoms with Gasteiger partial charge in [0.05, 0.1) is 6.54 Å². The molecular formula is C21H26N2O2. The van der Waals surface area contributed by atoms with Crippen LogP contribution < -0.4 is 5.32 Å². The highest BCUT2D eigenvalue weighted by atomic mass is 16.4. The molecule has 25 heavy (non-hydrogen) atoms. The summed E-state index contributed by atoms with van der Waals surface area (Å²) in [5.41, 5.74) is 1.44. The highest BCUT2D eigenvalue weighted by molar-refractivity contribution is 5.91. The summed E-state index contributed by atoms with van der Waals surface area (Å²) in [6.45, 7) is 3.00. The summed E-state index contributed by atoms with van der Waals surface area (Å²) in [5, 5.41) is 2.97. The van der Waals surface area contributed by atoms with Gasteiger partial charge in [0.1, 0.15) is 5.76 Å². The molecule has 2 fully saturated rings. The van der Waals surface area contributed by atoms with E-state index >= 15 is 0 Å². The summed E-state index contributed by atoms with van der Waals surface area (Å²) < 4.78 is 5.75. The summed E-state index contributed by atoms with van der Waals surface area (Å²) in [6, 6.07) is 14.9. The van der Waals surface area contributed by atoms with Gasteiger partial charge in [-0.2, -0.15) is 0 Å². The Morgan fingerprint density at radius 1 is 1.04 bits per heavy atom. The number of rotatable bonds is 6. The molecule has 1 N–H and O–H groups in total. The first-order valence-corrected chi connectivity index (χ1v) is 9.42. The van der Waals surface area contributed by atoms with E-state index in [9.17, 15) is 4.79 Å². The summed E-state index contributed by atoms with van der Waals surface area (Å²) >= 11 is 0. The molecule has 0 bridgehead atoms. The standard InChI is InChI=1S/C21H26N2O2/c24-21(22-18-6-7-18)20-9-8-19(25-20)15-23-12-10-17(11-13-23)14-16-4-2-1-3-5-16/h1-5,8-9,17-18H,6-7,10-15H2,(H,22,24). The van der Waals surface area contributed by atoms with Crippen molar-refractivity contribution in [3.63, 3.8) is 0 Å². The normalized spacial score (nSPS) is 19.0. The lowest BCUT2D eigenvalue weighted by Gasteiger charge is -2.31. The van der Waals surface area contributed by atoms with Gasteiger partial charge < -0.3 is 9.73 Å². The van der Waals surface area contributed by atoms with Gasteiger partial charge >= 0.3 is 0 Å². The highest BCUT2D eigenvalue weighted by Gasteiger charge is 2.25. The minimum atomic E-state index is -0.0738. The zero-order chi connectivity index (χ0) is 17.1. The Hall–Kier alpha value is -2.07. The minimum absolute atomic E-state index is 0.0738. The predicted molar refractivity (Wildman–Crippen MR) is 97.3 cm³/mol. The molecule has 2 heterocycles. The van der Waals surface area contributed by atoms with Crippen molar-refractivity contribution in [2.75, 3.05) is 13.1 Å². The average Bonchev–Trinajstić information content (AvgIpc) is 3.32. The van der Waals surface area contributed by atoms with Crippen LogP contribution in [-0.4, -0.2) is 29.9 Å². The third kappa shape index (κ3) is 4.51. The molecule has 1 saturated carbocycles. The zero-order valence-corrected chi connectivity index (χ0v) is 14.6. The molecule has 2 aromatic rings. The number of hydrogen-bond acceptors (Lipinski definition) is 3. The van der Waals surface area contributed by atoms with Gasteiger partial charge in [-0.05, 0) is 68.8 Å². The number of likely N-dealkylation sites (tertiary alicyclic amines) is 1. The van der Waals surface area contributed by atoms with E-state index in [1.54, 1.807) is 6.07 Å². The molecule has 4 heteroatoms. The molecular weight excluding hydrogens is 312 g/mol. The largest absolute Gasteiger partial charge is 0.455 e. The van der Waals surface area contributed by atoms with E-state index < -0.39 is 0 Å². The number of amides is 1. The summed E-state index contributed by atoms with van der Waals surface area (Å²) in [6.07, 6.45) is 5.82. The second-order valence-electron chi connectivity index (χ2n) is 7.42. The first kappa shape index (κ1) is 16.4. The van der Waals surface area contributed by atoms with Crippen molar-refractivity contribution in [3.05, 3.63) is 59.5 Å². The molecule has 1 aromatic carbocycles. The molecule has 4 rings (SSSR count). The maximum atomic E-state index is 12.0. The molecule has 0 atom stereocenters. The summed E-state index contributed by atoms with van der Waals surface area (Å²) in [7, 11) is 0. The first-order chi connectivity index (χ1) is 12.3. The predicted octanol–water partition coefficient (Wildman–Crippen LogP) is 3.63. The van der Waals surface area contributed by atoms with Gasteiger partial charge in [0, 0.05) is 6.04 Å². The summed E-state index contributed by atoms with van der Waals surface area (Å²) in [4.78, 5) is 14.4. The van der Waals surface area contributed by atoms with Crippen LogP contribution >= 0.6 is 0 Å². The average molecular weight is 338 g/mol. The van der Waals surface area contributed by atoms with Gasteiger partial charge in [-0.25, -0.2) is 0 Å². The molecule has 1 aliphatic carbocycles. The molecule has 132 valence electrons. The molecule has 1 saturated heterocycles. The number of nitrogens with zero attached hydrogens (tertiary/aromatic N) is 1. The number of benzene rings is 1. The maximum absolute atomic E-state index is 12.0. The Balaban J connectivity index is 1.24. The SMILES string of the molecule is O=C(NC1CC1)c1ccc(CN2CCC(Cc3ccccc3)CC2)o1. The Bertz CT molecular complexity index is 698. The van der Waals surface area contributed by atoms with E-state index in [0.29, 0.717) is 11.8 Å². The van der Waals surface area contributed by atoms with E-state index in [4.69, 9.17) is 4.42 Å². The van der Waals surface area contributed by atoms with Crippen LogP contribution in [0.4, 0.5) is 0 Å². The van der Waals surface area contributed by atoms with E-state index in [1.807, 2.05) is 6.07 Å². The molecule has 1 aromatic heterocycles. The van der Waals surface area contributed by atoms with E-state index in [-0.39, 0.29) is 5.91 Å². The zero-order valence-electron chi connectivity index (χ0n) is 14.6. The highest BCUT2D eigenvalue weighted by Crippen LogP contribution is 2.24. The number of carbonyl (C=O) groups is 1. The number of carbonyl (C=O) groups excluding carboxylic acids is 1. The molecule has 0 unspecified atom stereocenters. The van der Waals surface area contributed by atoms with Gasteiger partial charge in [0.2, 0.25) is 0 Å². The fraction of sp³-hybridized carbons (Fsp3) is 0.476. The van der Waals surface area contributed by atoms with Crippen molar-refractivity contribution < 1.29 is 9.21 Å². The van der Waals surface area contributed by atoms with Crippen LogP contribution in [0.25, 0.3) is 0 Å². The van der Waals surface area contributed by atoms with Crippen molar-refractivity contribution in [2.45, 2.75) is 44.7 Å². The number of piperidine rings is 1. The van der Waals surface area contributed by atoms with Crippen molar-refractivity contribution in [3.8, 4) is 0 Å². The minimum Gasteiger partial charge on any atom is -0.455 e. The van der Waals surface area contributed by atoms with Gasteiger partial charge in [-0.3, -0.25) is 9.69 Å². The van der Waals surface area contributed by atoms with E-state index in [1.165, 1.54) is 24.8 Å². The van der Waals surface area contributed by atoms with Gasteiger partial charge in [-0.15, -0.1) is 0 Å². The molecule has 1 aliphatic heterocycles. The molecule has 4 nitrogen and oxygen atoms in total. The fourth-order valence-electron chi connectivity index (χ4n) is 3.59. The second kappa shape index (κ2) is 7.44. The van der Waals surface area contributed by atoms with Crippen LogP contribution in [0.2, 0.25) is 0 Å². The van der Waals surface area contributed by atoms with Crippen molar-refractivity contribution in [1.82, 2.24) is 10.2 Å². The lowest BCUT2D eigenvalue weighted by atomic mass is 9.90. The number of nitrogens with one attached hydrogen (secondary N) is 1. The fourth-order valence-corrected chi connectivity index (χ4v) is 3.59. The van der Waals surface area contributed by atoms with Gasteiger partial charge in [0.25, 0.3) is 5.91 Å². The second-order valence-corrected chi connectivity index (χ2v) is 7.42. The van der Waals surface area contributed by atoms with Crippen molar-refractivity contribution >= 4 is 5.91 Å². The topological polar surface area (TPSA) is 45.5 Å². The van der Waals surface area contributed by atoms with E-state index in [2.05, 4.69) is 40.5 Å². The Morgan fingerprint density at radius 3 is 2.52 bits per heavy atom. The maximum Gasteiger partial charge on any atom is 0.287 e. The molecule has 0 radical (unpaired) electrons. The van der Waals surface area contributed by atoms with Crippen LogP contribution in [0.1, 0.15) is 47.6 Å². The molecule has 1 amide bonds. The Labute approximate surface area is 149 Å². The third-order valence-electron chi connectivity index (χ3n) is 5.25. The Kier molecular flexibility index (Phi) is 4.88. The first-order valence-electron chi connectivity index (χ1n) is 9.42. The number of hydrogen-bond donors (Lipinski definition) is 1. The van der Waals surface area contributed by atoms with Crippen LogP contribution in [0.15, 0.2) is 46.9 Å². The van der Waals surface area contributed by atoms with E-state index in [0.717, 1.165) is 44.2 Å². The lowest BCUT2D eigenvalue weighted by Crippen LogP contribution is -2.33. The Morgan fingerprint density at radius 2 is 1.80 bits per heavy atom. The molecule has 2 aliphatic rings. The smallest absolute Gasteiger partial charge is 0.287 e. The van der Waals surface area contributed by atoms with Crippen LogP contribution in [0.3, 0.4) is 0 Å². The van der Waals surface area contributed by atoms with Crippen LogP contribution in [-0.2, 0) is 13.0 Å². The van der Waals surface area contributed by atoms with Gasteiger partial charge in [0.15, 0.2) is 5.76 Å². The molecule has 0 spiro atoms. The quantitative estimate of drug-likeness (QED) is 0.875. The van der Waals surface area contributed by atoms with Crippen molar-refractivity contribution in [1.29, 1.82) is 0 Å². The summed E-state index contributed by atoms with van der Waals surface area (Å²) in [5.74, 6) is 2.04. The van der Waals surface area contributed by atoms with Gasteiger partial charge in [-0.1, -0.05) is 30.3 Å². The lowest BCUT2D eigenvalue weighted by molar-refractivity contribution is 0.0917. The van der Waals surface area contributed by atoms with Crippen LogP contribution in [0, 0.1) is 5.92 Å².